The predicted octanol–water partition coefficient (Wildman–Crippen LogP) is 8.37. The quantitative estimate of drug-likeness (QED) is 0.0582. The maximum absolute atomic E-state index is 12.3. The van der Waals surface area contributed by atoms with Crippen LogP contribution in [-0.4, -0.2) is 63.8 Å². The molecule has 0 saturated carbocycles. The third-order valence-electron chi connectivity index (χ3n) is 7.79. The Balaban J connectivity index is 1.93. The molecular formula is C38H54O8. The molecule has 0 amide bonds. The summed E-state index contributed by atoms with van der Waals surface area (Å²) in [6.07, 6.45) is 6.66. The Hall–Kier alpha value is -3.36. The van der Waals surface area contributed by atoms with Crippen LogP contribution in [0.15, 0.2) is 42.5 Å². The average Bonchev–Trinajstić information content (AvgIpc) is 3.08. The Morgan fingerprint density at radius 2 is 1.07 bits per heavy atom. The number of unbranched alkanes of at least 4 members (excludes halogenated alkanes) is 4. The Morgan fingerprint density at radius 3 is 1.52 bits per heavy atom. The number of hydrogen-bond acceptors (Lipinski definition) is 8. The first-order chi connectivity index (χ1) is 22.4. The second kappa shape index (κ2) is 20.7. The molecule has 0 aliphatic carbocycles. The first-order valence-electron chi connectivity index (χ1n) is 17.2. The van der Waals surface area contributed by atoms with Crippen molar-refractivity contribution < 1.29 is 38.0 Å². The number of esters is 2. The number of carbonyl (C=O) groups excluding carboxylic acids is 2. The lowest BCUT2D eigenvalue weighted by atomic mass is 9.98. The highest BCUT2D eigenvalue weighted by atomic mass is 16.6. The van der Waals surface area contributed by atoms with Gasteiger partial charge >= 0.3 is 11.9 Å². The van der Waals surface area contributed by atoms with Gasteiger partial charge in [-0.15, -0.1) is 0 Å². The van der Waals surface area contributed by atoms with E-state index in [1.54, 1.807) is 13.8 Å². The fourth-order valence-corrected chi connectivity index (χ4v) is 5.14. The molecule has 0 aromatic heterocycles. The smallest absolute Gasteiger partial charge is 0.305 e. The molecule has 3 rings (SSSR count). The first-order valence-corrected chi connectivity index (χ1v) is 17.2. The van der Waals surface area contributed by atoms with E-state index >= 15 is 0 Å². The van der Waals surface area contributed by atoms with Gasteiger partial charge in [0.25, 0.3) is 0 Å². The van der Waals surface area contributed by atoms with Crippen molar-refractivity contribution in [2.45, 2.75) is 105 Å². The predicted molar refractivity (Wildman–Crippen MR) is 183 cm³/mol. The van der Waals surface area contributed by atoms with Gasteiger partial charge in [-0.05, 0) is 30.9 Å². The molecule has 254 valence electrons. The molecule has 46 heavy (non-hydrogen) atoms. The molecule has 8 heteroatoms. The molecule has 0 radical (unpaired) electrons. The summed E-state index contributed by atoms with van der Waals surface area (Å²) in [7, 11) is 0. The third-order valence-corrected chi connectivity index (χ3v) is 7.79. The molecule has 3 aromatic carbocycles. The number of ether oxygens (including phenoxy) is 6. The van der Waals surface area contributed by atoms with Crippen molar-refractivity contribution in [1.82, 2.24) is 0 Å². The van der Waals surface area contributed by atoms with E-state index in [0.29, 0.717) is 24.7 Å². The van der Waals surface area contributed by atoms with Crippen LogP contribution < -0.4 is 9.47 Å². The van der Waals surface area contributed by atoms with Crippen LogP contribution in [-0.2, 0) is 35.0 Å². The molecular weight excluding hydrogens is 584 g/mol. The second-order valence-electron chi connectivity index (χ2n) is 11.6. The molecule has 0 aliphatic rings. The molecule has 0 saturated heterocycles. The van der Waals surface area contributed by atoms with Crippen molar-refractivity contribution in [1.29, 1.82) is 0 Å². The van der Waals surface area contributed by atoms with Gasteiger partial charge in [0.15, 0.2) is 12.2 Å². The van der Waals surface area contributed by atoms with Crippen LogP contribution in [0.3, 0.4) is 0 Å². The number of hydrogen-bond donors (Lipinski definition) is 0. The zero-order chi connectivity index (χ0) is 33.1. The molecule has 0 spiro atoms. The summed E-state index contributed by atoms with van der Waals surface area (Å²) < 4.78 is 36.2. The van der Waals surface area contributed by atoms with Crippen molar-refractivity contribution in [3.63, 3.8) is 0 Å². The average molecular weight is 639 g/mol. The molecule has 0 aliphatic heterocycles. The van der Waals surface area contributed by atoms with Gasteiger partial charge in [-0.2, -0.15) is 0 Å². The first kappa shape index (κ1) is 37.1. The minimum absolute atomic E-state index is 0.152. The summed E-state index contributed by atoms with van der Waals surface area (Å²) in [5, 5.41) is 3.53. The van der Waals surface area contributed by atoms with E-state index in [1.165, 1.54) is 0 Å². The van der Waals surface area contributed by atoms with Crippen molar-refractivity contribution in [3.05, 3.63) is 48.0 Å². The number of fused-ring (bicyclic) bond motifs is 2. The van der Waals surface area contributed by atoms with Gasteiger partial charge in [-0.1, -0.05) is 96.7 Å². The lowest BCUT2D eigenvalue weighted by molar-refractivity contribution is -0.154. The van der Waals surface area contributed by atoms with Crippen LogP contribution in [0.25, 0.3) is 21.5 Å². The topological polar surface area (TPSA) is 89.5 Å². The van der Waals surface area contributed by atoms with E-state index in [-0.39, 0.29) is 51.2 Å². The fourth-order valence-electron chi connectivity index (χ4n) is 5.14. The lowest BCUT2D eigenvalue weighted by Gasteiger charge is -2.23. The molecule has 0 fully saturated rings. The number of carbonyl (C=O) groups is 2. The fraction of sp³-hybridized carbons (Fsp3) is 0.579. The summed E-state index contributed by atoms with van der Waals surface area (Å²) in [5.74, 6) is 0.817. The molecule has 2 atom stereocenters. The van der Waals surface area contributed by atoms with Crippen molar-refractivity contribution in [2.24, 2.45) is 0 Å². The Bertz CT molecular complexity index is 1350. The van der Waals surface area contributed by atoms with Crippen LogP contribution in [0.2, 0.25) is 0 Å². The van der Waals surface area contributed by atoms with E-state index in [9.17, 15) is 9.59 Å². The van der Waals surface area contributed by atoms with E-state index in [2.05, 4.69) is 39.0 Å². The van der Waals surface area contributed by atoms with Crippen molar-refractivity contribution >= 4 is 33.5 Å². The van der Waals surface area contributed by atoms with E-state index in [0.717, 1.165) is 72.1 Å². The number of benzene rings is 3. The summed E-state index contributed by atoms with van der Waals surface area (Å²) >= 11 is 0. The van der Waals surface area contributed by atoms with Gasteiger partial charge in [-0.25, -0.2) is 0 Å². The zero-order valence-corrected chi connectivity index (χ0v) is 28.6. The highest BCUT2D eigenvalue weighted by Gasteiger charge is 2.22. The highest BCUT2D eigenvalue weighted by molar-refractivity contribution is 6.11. The van der Waals surface area contributed by atoms with Gasteiger partial charge in [-0.3, -0.25) is 9.59 Å². The summed E-state index contributed by atoms with van der Waals surface area (Å²) in [5.41, 5.74) is 1.15. The normalized spacial score (nSPS) is 12.6. The number of rotatable bonds is 23. The Kier molecular flexibility index (Phi) is 16.7. The van der Waals surface area contributed by atoms with Crippen LogP contribution >= 0.6 is 0 Å². The van der Waals surface area contributed by atoms with Crippen LogP contribution in [0.4, 0.5) is 0 Å². The zero-order valence-electron chi connectivity index (χ0n) is 28.6. The molecule has 2 unspecified atom stereocenters. The van der Waals surface area contributed by atoms with E-state index < -0.39 is 12.2 Å². The van der Waals surface area contributed by atoms with Crippen LogP contribution in [0.1, 0.15) is 91.5 Å². The minimum Gasteiger partial charge on any atom is -0.488 e. The highest BCUT2D eigenvalue weighted by Crippen LogP contribution is 2.43. The molecule has 3 aromatic rings. The van der Waals surface area contributed by atoms with Crippen LogP contribution in [0.5, 0.6) is 11.5 Å². The van der Waals surface area contributed by atoms with Crippen molar-refractivity contribution in [2.75, 3.05) is 39.6 Å². The second-order valence-corrected chi connectivity index (χ2v) is 11.6. The molecule has 0 N–H and O–H groups in total. The van der Waals surface area contributed by atoms with E-state index in [1.807, 2.05) is 24.3 Å². The standard InChI is InChI=1S/C38H54O8/c1-6-11-15-21-41-24-29(45-35(39)9-4)26-43-37-31-17-13-14-18-32(31)38(34-23-28(8-3)19-20-33(34)37)44-27-30(46-36(40)10-5)25-42-22-16-12-7-2/h13-14,17-20,23,29-30H,6-12,15-16,21-22,24-27H2,1-5H3. The van der Waals surface area contributed by atoms with Gasteiger partial charge in [0.1, 0.15) is 24.7 Å². The number of aryl methyl sites for hydroxylation is 1. The maximum atomic E-state index is 12.3. The molecule has 0 bridgehead atoms. The lowest BCUT2D eigenvalue weighted by Crippen LogP contribution is -2.30. The maximum Gasteiger partial charge on any atom is 0.305 e. The minimum atomic E-state index is -0.542. The molecule has 0 heterocycles. The van der Waals surface area contributed by atoms with Crippen molar-refractivity contribution in [3.8, 4) is 11.5 Å². The summed E-state index contributed by atoms with van der Waals surface area (Å²) in [6, 6.07) is 14.2. The Labute approximate surface area is 275 Å². The van der Waals surface area contributed by atoms with E-state index in [4.69, 9.17) is 28.4 Å². The summed E-state index contributed by atoms with van der Waals surface area (Å²) in [6.45, 7) is 12.0. The van der Waals surface area contributed by atoms with Crippen LogP contribution in [0, 0.1) is 0 Å². The van der Waals surface area contributed by atoms with Gasteiger partial charge < -0.3 is 28.4 Å². The van der Waals surface area contributed by atoms with Gasteiger partial charge in [0.2, 0.25) is 0 Å². The van der Waals surface area contributed by atoms with Gasteiger partial charge in [0, 0.05) is 47.6 Å². The SMILES string of the molecule is CCCCCOCC(COc1c2ccccc2c(OCC(COCCCCC)OC(=O)CC)c2cc(CC)ccc12)OC(=O)CC. The monoisotopic (exact) mass is 638 g/mol. The summed E-state index contributed by atoms with van der Waals surface area (Å²) in [4.78, 5) is 24.5. The molecule has 8 nitrogen and oxygen atoms in total. The largest absolute Gasteiger partial charge is 0.488 e. The van der Waals surface area contributed by atoms with Gasteiger partial charge in [0.05, 0.1) is 13.2 Å². The third kappa shape index (κ3) is 11.5. The Morgan fingerprint density at radius 1 is 0.587 bits per heavy atom.